The largest absolute Gasteiger partial charge is 0.385 e. The van der Waals surface area contributed by atoms with Crippen molar-refractivity contribution in [3.63, 3.8) is 0 Å². The molecule has 0 spiro atoms. The summed E-state index contributed by atoms with van der Waals surface area (Å²) in [4.78, 5) is 0. The Morgan fingerprint density at radius 1 is 1.32 bits per heavy atom. The van der Waals surface area contributed by atoms with Crippen LogP contribution in [-0.2, 0) is 5.92 Å². The Morgan fingerprint density at radius 3 is 2.58 bits per heavy atom. The van der Waals surface area contributed by atoms with E-state index in [2.05, 4.69) is 10.6 Å². The molecule has 1 aromatic carbocycles. The first-order chi connectivity index (χ1) is 8.97. The van der Waals surface area contributed by atoms with Gasteiger partial charge in [0.25, 0.3) is 5.92 Å². The van der Waals surface area contributed by atoms with Crippen LogP contribution < -0.4 is 10.6 Å². The Kier molecular flexibility index (Phi) is 4.40. The van der Waals surface area contributed by atoms with E-state index >= 15 is 0 Å². The molecule has 2 nitrogen and oxygen atoms in total. The number of aryl methyl sites for hydroxylation is 1. The molecule has 1 saturated heterocycles. The van der Waals surface area contributed by atoms with Gasteiger partial charge >= 0.3 is 0 Å². The zero-order valence-electron chi connectivity index (χ0n) is 11.6. The zero-order valence-corrected chi connectivity index (χ0v) is 11.6. The quantitative estimate of drug-likeness (QED) is 0.873. The second-order valence-corrected chi connectivity index (χ2v) is 5.49. The Labute approximate surface area is 113 Å². The van der Waals surface area contributed by atoms with E-state index in [1.165, 1.54) is 18.9 Å². The minimum Gasteiger partial charge on any atom is -0.385 e. The van der Waals surface area contributed by atoms with Crippen LogP contribution >= 0.6 is 0 Å². The number of piperidine rings is 1. The molecule has 0 unspecified atom stereocenters. The molecule has 0 bridgehead atoms. The first-order valence-electron chi connectivity index (χ1n) is 6.90. The predicted octanol–water partition coefficient (Wildman–Crippen LogP) is 3.52. The predicted molar refractivity (Wildman–Crippen MR) is 74.8 cm³/mol. The molecule has 0 radical (unpaired) electrons. The van der Waals surface area contributed by atoms with Crippen LogP contribution in [0.4, 0.5) is 14.5 Å². The van der Waals surface area contributed by atoms with Crippen LogP contribution in [0.5, 0.6) is 0 Å². The lowest BCUT2D eigenvalue weighted by molar-refractivity contribution is 0.0174. The minimum atomic E-state index is -2.77. The molecule has 0 amide bonds. The molecule has 1 fully saturated rings. The van der Waals surface area contributed by atoms with Crippen molar-refractivity contribution in [2.45, 2.75) is 32.6 Å². The van der Waals surface area contributed by atoms with Crippen molar-refractivity contribution in [1.82, 2.24) is 5.32 Å². The summed E-state index contributed by atoms with van der Waals surface area (Å²) in [5.74, 6) is -2.09. The molecular formula is C15H22F2N2. The van der Waals surface area contributed by atoms with Crippen LogP contribution in [-0.4, -0.2) is 19.6 Å². The van der Waals surface area contributed by atoms with E-state index in [0.29, 0.717) is 5.92 Å². The average Bonchev–Trinajstić information content (AvgIpc) is 2.37. The maximum absolute atomic E-state index is 13.2. The molecule has 1 heterocycles. The van der Waals surface area contributed by atoms with E-state index in [4.69, 9.17) is 0 Å². The van der Waals surface area contributed by atoms with E-state index in [0.717, 1.165) is 37.8 Å². The smallest absolute Gasteiger partial charge is 0.270 e. The van der Waals surface area contributed by atoms with Gasteiger partial charge in [-0.3, -0.25) is 0 Å². The zero-order chi connectivity index (χ0) is 13.9. The summed E-state index contributed by atoms with van der Waals surface area (Å²) < 4.78 is 26.4. The Morgan fingerprint density at radius 2 is 2.00 bits per heavy atom. The number of nitrogens with one attached hydrogen (secondary N) is 2. The molecule has 0 aliphatic carbocycles. The number of hydrogen-bond acceptors (Lipinski definition) is 2. The van der Waals surface area contributed by atoms with Gasteiger partial charge in [0.2, 0.25) is 0 Å². The average molecular weight is 268 g/mol. The van der Waals surface area contributed by atoms with Gasteiger partial charge in [0.05, 0.1) is 0 Å². The number of benzene rings is 1. The number of halogens is 2. The third-order valence-electron chi connectivity index (χ3n) is 3.77. The highest BCUT2D eigenvalue weighted by Crippen LogP contribution is 2.29. The normalized spacial score (nSPS) is 17.5. The van der Waals surface area contributed by atoms with Crippen molar-refractivity contribution in [1.29, 1.82) is 0 Å². The van der Waals surface area contributed by atoms with Gasteiger partial charge in [-0.15, -0.1) is 0 Å². The molecular weight excluding hydrogens is 246 g/mol. The lowest BCUT2D eigenvalue weighted by atomic mass is 9.98. The molecule has 2 N–H and O–H groups in total. The van der Waals surface area contributed by atoms with Crippen LogP contribution in [0.1, 0.15) is 30.9 Å². The summed E-state index contributed by atoms with van der Waals surface area (Å²) in [6, 6.07) is 4.85. The summed E-state index contributed by atoms with van der Waals surface area (Å²) in [6.45, 7) is 5.88. The molecule has 1 aliphatic heterocycles. The standard InChI is InChI=1S/C15H22F2N2/c1-11-9-13(15(2,16)17)3-4-14(11)19-10-12-5-7-18-8-6-12/h3-4,9,12,18-19H,5-8,10H2,1-2H3. The van der Waals surface area contributed by atoms with Gasteiger partial charge in [-0.05, 0) is 56.5 Å². The molecule has 19 heavy (non-hydrogen) atoms. The van der Waals surface area contributed by atoms with Crippen molar-refractivity contribution >= 4 is 5.69 Å². The summed E-state index contributed by atoms with van der Waals surface area (Å²) in [7, 11) is 0. The maximum atomic E-state index is 13.2. The van der Waals surface area contributed by atoms with Crippen molar-refractivity contribution in [3.8, 4) is 0 Å². The third-order valence-corrected chi connectivity index (χ3v) is 3.77. The number of alkyl halides is 2. The fourth-order valence-electron chi connectivity index (χ4n) is 2.48. The molecule has 0 saturated carbocycles. The molecule has 0 atom stereocenters. The Balaban J connectivity index is 1.97. The van der Waals surface area contributed by atoms with E-state index in [1.807, 2.05) is 6.92 Å². The van der Waals surface area contributed by atoms with E-state index in [-0.39, 0.29) is 5.56 Å². The van der Waals surface area contributed by atoms with E-state index in [9.17, 15) is 8.78 Å². The van der Waals surface area contributed by atoms with Gasteiger partial charge in [0, 0.05) is 24.7 Å². The molecule has 2 rings (SSSR count). The van der Waals surface area contributed by atoms with Crippen LogP contribution in [0.25, 0.3) is 0 Å². The highest BCUT2D eigenvalue weighted by Gasteiger charge is 2.24. The number of anilines is 1. The second-order valence-electron chi connectivity index (χ2n) is 5.49. The third kappa shape index (κ3) is 3.90. The first kappa shape index (κ1) is 14.3. The van der Waals surface area contributed by atoms with Crippen LogP contribution in [0, 0.1) is 12.8 Å². The second kappa shape index (κ2) is 5.87. The van der Waals surface area contributed by atoms with Gasteiger partial charge in [0.1, 0.15) is 0 Å². The van der Waals surface area contributed by atoms with Crippen molar-refractivity contribution in [2.24, 2.45) is 5.92 Å². The van der Waals surface area contributed by atoms with Gasteiger partial charge in [0.15, 0.2) is 0 Å². The first-order valence-corrected chi connectivity index (χ1v) is 6.90. The van der Waals surface area contributed by atoms with Crippen molar-refractivity contribution in [3.05, 3.63) is 29.3 Å². The summed E-state index contributed by atoms with van der Waals surface area (Å²) in [5.41, 5.74) is 1.93. The fourth-order valence-corrected chi connectivity index (χ4v) is 2.48. The molecule has 1 aromatic rings. The monoisotopic (exact) mass is 268 g/mol. The van der Waals surface area contributed by atoms with Gasteiger partial charge in [-0.2, -0.15) is 0 Å². The lowest BCUT2D eigenvalue weighted by Crippen LogP contribution is -2.31. The van der Waals surface area contributed by atoms with Gasteiger partial charge in [-0.1, -0.05) is 6.07 Å². The fraction of sp³-hybridized carbons (Fsp3) is 0.600. The Hall–Kier alpha value is -1.16. The number of hydrogen-bond donors (Lipinski definition) is 2. The summed E-state index contributed by atoms with van der Waals surface area (Å²) in [6.07, 6.45) is 2.36. The minimum absolute atomic E-state index is 0.0809. The number of rotatable bonds is 4. The van der Waals surface area contributed by atoms with E-state index < -0.39 is 5.92 Å². The molecule has 0 aromatic heterocycles. The maximum Gasteiger partial charge on any atom is 0.270 e. The van der Waals surface area contributed by atoms with Crippen LogP contribution in [0.15, 0.2) is 18.2 Å². The molecule has 4 heteroatoms. The van der Waals surface area contributed by atoms with Gasteiger partial charge in [-0.25, -0.2) is 8.78 Å². The Bertz CT molecular complexity index is 421. The summed E-state index contributed by atoms with van der Waals surface area (Å²) in [5, 5.41) is 6.73. The van der Waals surface area contributed by atoms with Crippen molar-refractivity contribution < 1.29 is 8.78 Å². The lowest BCUT2D eigenvalue weighted by Gasteiger charge is -2.24. The molecule has 106 valence electrons. The van der Waals surface area contributed by atoms with Gasteiger partial charge < -0.3 is 10.6 Å². The highest BCUT2D eigenvalue weighted by atomic mass is 19.3. The van der Waals surface area contributed by atoms with Crippen LogP contribution in [0.3, 0.4) is 0 Å². The van der Waals surface area contributed by atoms with Crippen molar-refractivity contribution in [2.75, 3.05) is 25.0 Å². The van der Waals surface area contributed by atoms with Crippen LogP contribution in [0.2, 0.25) is 0 Å². The van der Waals surface area contributed by atoms with E-state index in [1.54, 1.807) is 12.1 Å². The molecule has 1 aliphatic rings. The SMILES string of the molecule is Cc1cc(C(C)(F)F)ccc1NCC1CCNCC1. The summed E-state index contributed by atoms with van der Waals surface area (Å²) >= 11 is 0. The highest BCUT2D eigenvalue weighted by molar-refractivity contribution is 5.52. The topological polar surface area (TPSA) is 24.1 Å².